The predicted octanol–water partition coefficient (Wildman–Crippen LogP) is 3.51. The first-order chi connectivity index (χ1) is 17.1. The van der Waals surface area contributed by atoms with E-state index in [1.807, 2.05) is 32.9 Å². The van der Waals surface area contributed by atoms with Gasteiger partial charge < -0.3 is 25.4 Å². The van der Waals surface area contributed by atoms with Gasteiger partial charge in [-0.2, -0.15) is 19.5 Å². The van der Waals surface area contributed by atoms with Crippen LogP contribution in [-0.4, -0.2) is 69.9 Å². The number of allylic oxidation sites excluding steroid dienone is 1. The molecule has 0 spiro atoms. The standard InChI is InChI=1S/C23H32N8O2.C2H6/c1-4-19(32-3)20-26-23-28-22(27-21(24)31(23)29-20)25-12-9-16-5-7-18(8-6-16)33-15-17-10-13-30(2)14-11-17;1-2/h4-8,17H,9-15H2,1-3H3,(H3,24,25,26,27,28,29);1-2H3/b19-4-;. The number of nitrogen functional groups attached to an aromatic ring is 1. The SMILES string of the molecule is C/C=C(\OC)c1nc2nc(NCCc3ccc(OCC4CCN(C)CC4)cc3)nc(N)n2n1.CC. The summed E-state index contributed by atoms with van der Waals surface area (Å²) in [5.41, 5.74) is 7.23. The van der Waals surface area contributed by atoms with Crippen molar-refractivity contribution in [2.24, 2.45) is 5.92 Å². The van der Waals surface area contributed by atoms with E-state index in [2.05, 4.69) is 49.4 Å². The van der Waals surface area contributed by atoms with Gasteiger partial charge in [-0.15, -0.1) is 5.10 Å². The molecule has 10 nitrogen and oxygen atoms in total. The van der Waals surface area contributed by atoms with Crippen LogP contribution in [-0.2, 0) is 11.2 Å². The number of hydrogen-bond acceptors (Lipinski definition) is 9. The Labute approximate surface area is 207 Å². The lowest BCUT2D eigenvalue weighted by atomic mass is 9.98. The van der Waals surface area contributed by atoms with Gasteiger partial charge in [-0.05, 0) is 76.0 Å². The average Bonchev–Trinajstić information content (AvgIpc) is 3.31. The molecule has 0 amide bonds. The molecule has 0 saturated carbocycles. The summed E-state index contributed by atoms with van der Waals surface area (Å²) in [6, 6.07) is 8.27. The fourth-order valence-electron chi connectivity index (χ4n) is 3.84. The van der Waals surface area contributed by atoms with E-state index in [1.165, 1.54) is 22.9 Å². The van der Waals surface area contributed by atoms with Crippen molar-refractivity contribution >= 4 is 23.4 Å². The number of rotatable bonds is 9. The van der Waals surface area contributed by atoms with Crippen LogP contribution in [0.2, 0.25) is 0 Å². The summed E-state index contributed by atoms with van der Waals surface area (Å²) in [6.07, 6.45) is 5.01. The molecule has 0 bridgehead atoms. The summed E-state index contributed by atoms with van der Waals surface area (Å²) in [5, 5.41) is 7.51. The number of nitrogens with zero attached hydrogens (tertiary/aromatic N) is 6. The van der Waals surface area contributed by atoms with Gasteiger partial charge >= 0.3 is 0 Å². The molecule has 0 atom stereocenters. The van der Waals surface area contributed by atoms with Crippen LogP contribution in [0.3, 0.4) is 0 Å². The van der Waals surface area contributed by atoms with Gasteiger partial charge in [0.25, 0.3) is 5.78 Å². The Hall–Kier alpha value is -3.40. The molecular weight excluding hydrogens is 444 g/mol. The molecule has 1 aliphatic rings. The van der Waals surface area contributed by atoms with E-state index in [1.54, 1.807) is 13.2 Å². The number of likely N-dealkylation sites (tertiary alicyclic amines) is 1. The number of benzene rings is 1. The topological polar surface area (TPSA) is 116 Å². The van der Waals surface area contributed by atoms with Gasteiger partial charge in [0.05, 0.1) is 13.7 Å². The number of hydrogen-bond donors (Lipinski definition) is 2. The summed E-state index contributed by atoms with van der Waals surface area (Å²) >= 11 is 0. The lowest BCUT2D eigenvalue weighted by Gasteiger charge is -2.28. The van der Waals surface area contributed by atoms with Crippen LogP contribution in [0.25, 0.3) is 11.5 Å². The number of ether oxygens (including phenoxy) is 2. The minimum Gasteiger partial charge on any atom is -0.493 e. The third-order valence-corrected chi connectivity index (χ3v) is 5.88. The van der Waals surface area contributed by atoms with Gasteiger partial charge in [0.2, 0.25) is 17.7 Å². The van der Waals surface area contributed by atoms with E-state index in [0.29, 0.717) is 35.8 Å². The molecule has 190 valence electrons. The van der Waals surface area contributed by atoms with Gasteiger partial charge in [-0.25, -0.2) is 0 Å². The largest absolute Gasteiger partial charge is 0.493 e. The fraction of sp³-hybridized carbons (Fsp3) is 0.520. The minimum atomic E-state index is 0.207. The normalized spacial score (nSPS) is 14.9. The Kier molecular flexibility index (Phi) is 9.66. The second-order valence-electron chi connectivity index (χ2n) is 8.29. The molecular formula is C25H38N8O2. The van der Waals surface area contributed by atoms with E-state index in [-0.39, 0.29) is 5.95 Å². The van der Waals surface area contributed by atoms with E-state index in [0.717, 1.165) is 31.9 Å². The molecule has 1 aliphatic heterocycles. The van der Waals surface area contributed by atoms with E-state index >= 15 is 0 Å². The zero-order valence-corrected chi connectivity index (χ0v) is 21.5. The highest BCUT2D eigenvalue weighted by Crippen LogP contribution is 2.19. The molecule has 0 unspecified atom stereocenters. The Morgan fingerprint density at radius 1 is 1.14 bits per heavy atom. The number of anilines is 2. The first-order valence-electron chi connectivity index (χ1n) is 12.3. The summed E-state index contributed by atoms with van der Waals surface area (Å²) < 4.78 is 12.7. The van der Waals surface area contributed by atoms with Crippen LogP contribution < -0.4 is 15.8 Å². The minimum absolute atomic E-state index is 0.207. The van der Waals surface area contributed by atoms with Crippen molar-refractivity contribution in [3.63, 3.8) is 0 Å². The van der Waals surface area contributed by atoms with Gasteiger partial charge in [-0.1, -0.05) is 26.0 Å². The van der Waals surface area contributed by atoms with Crippen molar-refractivity contribution in [1.29, 1.82) is 0 Å². The molecule has 3 aromatic rings. The third kappa shape index (κ3) is 7.05. The van der Waals surface area contributed by atoms with Crippen LogP contribution in [0, 0.1) is 5.92 Å². The van der Waals surface area contributed by atoms with Gasteiger partial charge in [0, 0.05) is 6.54 Å². The van der Waals surface area contributed by atoms with Crippen LogP contribution in [0.4, 0.5) is 11.9 Å². The summed E-state index contributed by atoms with van der Waals surface area (Å²) in [4.78, 5) is 15.4. The molecule has 35 heavy (non-hydrogen) atoms. The highest BCUT2D eigenvalue weighted by molar-refractivity contribution is 5.55. The quantitative estimate of drug-likeness (QED) is 0.442. The number of fused-ring (bicyclic) bond motifs is 1. The van der Waals surface area contributed by atoms with Crippen molar-refractivity contribution < 1.29 is 9.47 Å². The number of nitrogens with two attached hydrogens (primary N) is 1. The number of piperidine rings is 1. The molecule has 1 fully saturated rings. The van der Waals surface area contributed by atoms with Gasteiger partial charge in [0.1, 0.15) is 5.75 Å². The lowest BCUT2D eigenvalue weighted by molar-refractivity contribution is 0.160. The van der Waals surface area contributed by atoms with Crippen molar-refractivity contribution in [1.82, 2.24) is 29.5 Å². The van der Waals surface area contributed by atoms with Crippen LogP contribution in [0.15, 0.2) is 30.3 Å². The Bertz CT molecular complexity index is 1090. The fourth-order valence-corrected chi connectivity index (χ4v) is 3.84. The Morgan fingerprint density at radius 2 is 1.86 bits per heavy atom. The Balaban J connectivity index is 0.00000167. The molecule has 0 radical (unpaired) electrons. The maximum Gasteiger partial charge on any atom is 0.259 e. The zero-order chi connectivity index (χ0) is 25.2. The molecule has 4 rings (SSSR count). The molecule has 3 N–H and O–H groups in total. The molecule has 0 aliphatic carbocycles. The summed E-state index contributed by atoms with van der Waals surface area (Å²) in [7, 11) is 3.74. The zero-order valence-electron chi connectivity index (χ0n) is 21.5. The smallest absolute Gasteiger partial charge is 0.259 e. The molecule has 1 saturated heterocycles. The van der Waals surface area contributed by atoms with E-state index < -0.39 is 0 Å². The highest BCUT2D eigenvalue weighted by Gasteiger charge is 2.17. The first kappa shape index (κ1) is 26.2. The number of aromatic nitrogens is 5. The molecule has 1 aromatic carbocycles. The summed E-state index contributed by atoms with van der Waals surface area (Å²) in [6.45, 7) is 9.61. The van der Waals surface area contributed by atoms with E-state index in [4.69, 9.17) is 15.2 Å². The maximum absolute atomic E-state index is 6.03. The molecule has 10 heteroatoms. The third-order valence-electron chi connectivity index (χ3n) is 5.88. The maximum atomic E-state index is 6.03. The van der Waals surface area contributed by atoms with Crippen molar-refractivity contribution in [3.8, 4) is 5.75 Å². The number of methoxy groups -OCH3 is 1. The molecule has 2 aromatic heterocycles. The Morgan fingerprint density at radius 3 is 2.51 bits per heavy atom. The molecule has 3 heterocycles. The predicted molar refractivity (Wildman–Crippen MR) is 139 cm³/mol. The lowest BCUT2D eigenvalue weighted by Crippen LogP contribution is -2.32. The van der Waals surface area contributed by atoms with Crippen LogP contribution >= 0.6 is 0 Å². The second-order valence-corrected chi connectivity index (χ2v) is 8.29. The van der Waals surface area contributed by atoms with E-state index in [9.17, 15) is 0 Å². The second kappa shape index (κ2) is 12.9. The van der Waals surface area contributed by atoms with Crippen molar-refractivity contribution in [2.75, 3.05) is 51.4 Å². The summed E-state index contributed by atoms with van der Waals surface area (Å²) in [5.74, 6) is 3.52. The van der Waals surface area contributed by atoms with Gasteiger partial charge in [0.15, 0.2) is 5.76 Å². The van der Waals surface area contributed by atoms with Crippen LogP contribution in [0.1, 0.15) is 45.0 Å². The number of nitrogens with one attached hydrogen (secondary N) is 1. The van der Waals surface area contributed by atoms with Gasteiger partial charge in [-0.3, -0.25) is 0 Å². The average molecular weight is 483 g/mol. The first-order valence-corrected chi connectivity index (χ1v) is 12.3. The van der Waals surface area contributed by atoms with Crippen molar-refractivity contribution in [2.45, 2.75) is 40.0 Å². The van der Waals surface area contributed by atoms with Crippen LogP contribution in [0.5, 0.6) is 5.75 Å². The highest BCUT2D eigenvalue weighted by atomic mass is 16.5. The van der Waals surface area contributed by atoms with Crippen molar-refractivity contribution in [3.05, 3.63) is 41.7 Å². The monoisotopic (exact) mass is 482 g/mol.